The highest BCUT2D eigenvalue weighted by Crippen LogP contribution is 2.27. The maximum Gasteiger partial charge on any atom is 0.336 e. The van der Waals surface area contributed by atoms with Crippen molar-refractivity contribution in [1.29, 1.82) is 0 Å². The van der Waals surface area contributed by atoms with Crippen molar-refractivity contribution < 1.29 is 14.3 Å². The Balaban J connectivity index is 2.23. The first-order valence-electron chi connectivity index (χ1n) is 11.3. The van der Waals surface area contributed by atoms with E-state index in [1.165, 1.54) is 23.1 Å². The van der Waals surface area contributed by atoms with Gasteiger partial charge in [0.15, 0.2) is 0 Å². The highest BCUT2D eigenvalue weighted by atomic mass is 16.5. The number of ether oxygens (including phenoxy) is 2. The summed E-state index contributed by atoms with van der Waals surface area (Å²) < 4.78 is 10.9. The average molecular weight is 403 g/mol. The molecule has 164 valence electrons. The lowest BCUT2D eigenvalue weighted by molar-refractivity contribution is -0.140. The van der Waals surface area contributed by atoms with E-state index in [1.807, 2.05) is 6.92 Å². The molecule has 0 aliphatic carbocycles. The highest BCUT2D eigenvalue weighted by Gasteiger charge is 2.27. The zero-order valence-electron chi connectivity index (χ0n) is 19.4. The monoisotopic (exact) mass is 402 g/mol. The van der Waals surface area contributed by atoms with Gasteiger partial charge in [0.25, 0.3) is 0 Å². The fourth-order valence-corrected chi connectivity index (χ4v) is 3.57. The van der Waals surface area contributed by atoms with E-state index in [9.17, 15) is 4.79 Å². The zero-order chi connectivity index (χ0) is 21.6. The number of rotatable bonds is 12. The molecule has 1 rings (SSSR count). The van der Waals surface area contributed by atoms with Gasteiger partial charge in [-0.15, -0.1) is 0 Å². The molecule has 0 aromatic heterocycles. The quantitative estimate of drug-likeness (QED) is 0.198. The normalized spacial score (nSPS) is 20.3. The molecule has 1 heterocycles. The largest absolute Gasteiger partial charge is 0.463 e. The van der Waals surface area contributed by atoms with Crippen LogP contribution in [0.15, 0.2) is 47.1 Å². The van der Waals surface area contributed by atoms with Crippen LogP contribution in [-0.2, 0) is 14.3 Å². The minimum Gasteiger partial charge on any atom is -0.463 e. The molecule has 1 aliphatic rings. The van der Waals surface area contributed by atoms with Gasteiger partial charge in [0.05, 0.1) is 24.9 Å². The first kappa shape index (κ1) is 25.4. The maximum absolute atomic E-state index is 11.8. The van der Waals surface area contributed by atoms with Crippen LogP contribution in [-0.4, -0.2) is 25.3 Å². The molecule has 1 saturated heterocycles. The van der Waals surface area contributed by atoms with Crippen molar-refractivity contribution in [3.05, 3.63) is 47.1 Å². The van der Waals surface area contributed by atoms with Crippen LogP contribution in [0.3, 0.4) is 0 Å². The summed E-state index contributed by atoms with van der Waals surface area (Å²) in [4.78, 5) is 11.8. The van der Waals surface area contributed by atoms with E-state index in [0.717, 1.165) is 44.9 Å². The first-order valence-corrected chi connectivity index (χ1v) is 11.3. The molecular formula is C26H42O3. The number of carbonyl (C=O) groups excluding carboxylic acids is 1. The van der Waals surface area contributed by atoms with Crippen LogP contribution in [0.2, 0.25) is 0 Å². The SMILES string of the molecule is C=C(C(=O)OCC)[C@H]1CC[C@@H](CC/C=C(\C)CC/C=C(\C)CCC=C(C)C)CO1. The molecule has 1 fully saturated rings. The van der Waals surface area contributed by atoms with E-state index in [0.29, 0.717) is 24.7 Å². The minimum atomic E-state index is -0.323. The third-order valence-corrected chi connectivity index (χ3v) is 5.49. The van der Waals surface area contributed by atoms with Gasteiger partial charge >= 0.3 is 5.97 Å². The molecule has 0 unspecified atom stereocenters. The van der Waals surface area contributed by atoms with Crippen LogP contribution >= 0.6 is 0 Å². The standard InChI is InChI=1S/C26H42O3/c1-7-28-26(27)23(6)25-18-17-24(19-29-25)16-10-15-22(5)14-9-13-21(4)12-8-11-20(2)3/h11,13,15,24-25H,6-10,12,14,16-19H2,1-5H3/b21-13+,22-15+/t24-,25-/m1/s1. The van der Waals surface area contributed by atoms with Gasteiger partial charge in [0.2, 0.25) is 0 Å². The summed E-state index contributed by atoms with van der Waals surface area (Å²) in [5, 5.41) is 0. The topological polar surface area (TPSA) is 35.5 Å². The second-order valence-corrected chi connectivity index (χ2v) is 8.55. The molecule has 0 bridgehead atoms. The predicted molar refractivity (Wildman–Crippen MR) is 123 cm³/mol. The number of hydrogen-bond donors (Lipinski definition) is 0. The minimum absolute atomic E-state index is 0.172. The Labute approximate surface area is 178 Å². The Bertz CT molecular complexity index is 597. The molecule has 0 aromatic carbocycles. The fourth-order valence-electron chi connectivity index (χ4n) is 3.57. The number of hydrogen-bond acceptors (Lipinski definition) is 3. The van der Waals surface area contributed by atoms with Gasteiger partial charge in [-0.3, -0.25) is 0 Å². The van der Waals surface area contributed by atoms with Crippen molar-refractivity contribution in [1.82, 2.24) is 0 Å². The summed E-state index contributed by atoms with van der Waals surface area (Å²) in [5.41, 5.74) is 4.84. The van der Waals surface area contributed by atoms with Crippen molar-refractivity contribution in [2.45, 2.75) is 92.1 Å². The summed E-state index contributed by atoms with van der Waals surface area (Å²) in [5.74, 6) is 0.248. The Hall–Kier alpha value is -1.61. The highest BCUT2D eigenvalue weighted by molar-refractivity contribution is 5.88. The summed E-state index contributed by atoms with van der Waals surface area (Å²) >= 11 is 0. The van der Waals surface area contributed by atoms with Crippen molar-refractivity contribution in [2.75, 3.05) is 13.2 Å². The third-order valence-electron chi connectivity index (χ3n) is 5.49. The van der Waals surface area contributed by atoms with Crippen molar-refractivity contribution in [3.63, 3.8) is 0 Å². The van der Waals surface area contributed by atoms with Gasteiger partial charge in [-0.1, -0.05) is 41.5 Å². The number of esters is 1. The first-order chi connectivity index (χ1) is 13.8. The lowest BCUT2D eigenvalue weighted by atomic mass is 9.91. The van der Waals surface area contributed by atoms with Gasteiger partial charge in [0.1, 0.15) is 0 Å². The van der Waals surface area contributed by atoms with E-state index in [4.69, 9.17) is 9.47 Å². The van der Waals surface area contributed by atoms with Crippen LogP contribution < -0.4 is 0 Å². The van der Waals surface area contributed by atoms with Gasteiger partial charge in [-0.05, 0) is 91.9 Å². The molecule has 0 saturated carbocycles. The summed E-state index contributed by atoms with van der Waals surface area (Å²) in [6, 6.07) is 0. The van der Waals surface area contributed by atoms with Gasteiger partial charge < -0.3 is 9.47 Å². The van der Waals surface area contributed by atoms with Crippen molar-refractivity contribution >= 4 is 5.97 Å². The van der Waals surface area contributed by atoms with Crippen molar-refractivity contribution in [3.8, 4) is 0 Å². The molecule has 1 aliphatic heterocycles. The van der Waals surface area contributed by atoms with Gasteiger partial charge in [-0.25, -0.2) is 4.79 Å². The van der Waals surface area contributed by atoms with Gasteiger partial charge in [0, 0.05) is 0 Å². The Morgan fingerprint density at radius 2 is 1.62 bits per heavy atom. The Morgan fingerprint density at radius 1 is 1.00 bits per heavy atom. The summed E-state index contributed by atoms with van der Waals surface area (Å²) in [7, 11) is 0. The summed E-state index contributed by atoms with van der Waals surface area (Å²) in [6.45, 7) is 15.5. The second-order valence-electron chi connectivity index (χ2n) is 8.55. The molecule has 29 heavy (non-hydrogen) atoms. The molecule has 0 N–H and O–H groups in total. The van der Waals surface area contributed by atoms with Crippen LogP contribution in [0.5, 0.6) is 0 Å². The van der Waals surface area contributed by atoms with Crippen LogP contribution in [0.4, 0.5) is 0 Å². The zero-order valence-corrected chi connectivity index (χ0v) is 19.4. The summed E-state index contributed by atoms with van der Waals surface area (Å²) in [6.07, 6.45) is 15.7. The second kappa shape index (κ2) is 14.4. The smallest absolute Gasteiger partial charge is 0.336 e. The lowest BCUT2D eigenvalue weighted by Gasteiger charge is -2.29. The molecule has 0 radical (unpaired) electrons. The van der Waals surface area contributed by atoms with Crippen LogP contribution in [0.25, 0.3) is 0 Å². The van der Waals surface area contributed by atoms with Crippen LogP contribution in [0, 0.1) is 5.92 Å². The van der Waals surface area contributed by atoms with Crippen molar-refractivity contribution in [2.24, 2.45) is 5.92 Å². The fraction of sp³-hybridized carbons (Fsp3) is 0.654. The van der Waals surface area contributed by atoms with E-state index in [-0.39, 0.29) is 12.1 Å². The molecule has 0 aromatic rings. The maximum atomic E-state index is 11.8. The Kier molecular flexibility index (Phi) is 12.6. The number of allylic oxidation sites excluding steroid dienone is 6. The number of carbonyl (C=O) groups is 1. The molecule has 0 spiro atoms. The van der Waals surface area contributed by atoms with E-state index >= 15 is 0 Å². The van der Waals surface area contributed by atoms with E-state index in [1.54, 1.807) is 0 Å². The molecule has 0 amide bonds. The molecular weight excluding hydrogens is 360 g/mol. The lowest BCUT2D eigenvalue weighted by Crippen LogP contribution is -2.30. The molecule has 2 atom stereocenters. The van der Waals surface area contributed by atoms with E-state index in [2.05, 4.69) is 52.5 Å². The van der Waals surface area contributed by atoms with E-state index < -0.39 is 0 Å². The third kappa shape index (κ3) is 11.2. The molecule has 3 nitrogen and oxygen atoms in total. The predicted octanol–water partition coefficient (Wildman–Crippen LogP) is 7.10. The Morgan fingerprint density at radius 3 is 2.17 bits per heavy atom. The molecule has 3 heteroatoms. The van der Waals surface area contributed by atoms with Gasteiger partial charge in [-0.2, -0.15) is 0 Å². The van der Waals surface area contributed by atoms with Crippen LogP contribution in [0.1, 0.15) is 86.0 Å². The average Bonchev–Trinajstić information content (AvgIpc) is 2.68.